The number of hydrogen-bond donors (Lipinski definition) is 3. The standard InChI is InChI=1S/C24H28ClN5O2/c1-16(23(31)28-13-19-9-10-22-27-14-21(25)30(22)15-19)29-24(32)20-11-18(12-26-20)8-7-17-5-3-2-4-6-17/h2-6,9-10,14-16,18,20,26H,7-8,11-13H2,1H3,(H,28,31)(H,29,32)/t16-,18-,20+/m0/s1. The highest BCUT2D eigenvalue weighted by Gasteiger charge is 2.30. The van der Waals surface area contributed by atoms with E-state index in [0.29, 0.717) is 17.6 Å². The Morgan fingerprint density at radius 2 is 2.03 bits per heavy atom. The Bertz CT molecular complexity index is 1080. The van der Waals surface area contributed by atoms with Gasteiger partial charge in [0.25, 0.3) is 0 Å². The molecule has 0 bridgehead atoms. The van der Waals surface area contributed by atoms with Gasteiger partial charge in [-0.25, -0.2) is 4.98 Å². The van der Waals surface area contributed by atoms with Crippen LogP contribution in [0, 0.1) is 5.92 Å². The largest absolute Gasteiger partial charge is 0.350 e. The first-order valence-electron chi connectivity index (χ1n) is 11.0. The number of carbonyl (C=O) groups is 2. The molecule has 1 aliphatic heterocycles. The molecule has 0 aliphatic carbocycles. The fourth-order valence-corrected chi connectivity index (χ4v) is 4.25. The summed E-state index contributed by atoms with van der Waals surface area (Å²) in [5.74, 6) is 0.107. The summed E-state index contributed by atoms with van der Waals surface area (Å²) < 4.78 is 1.76. The Kier molecular flexibility index (Phi) is 7.07. The molecule has 2 amide bonds. The van der Waals surface area contributed by atoms with Crippen molar-refractivity contribution in [2.45, 2.75) is 44.8 Å². The number of nitrogens with one attached hydrogen (secondary N) is 3. The highest BCUT2D eigenvalue weighted by Crippen LogP contribution is 2.20. The van der Waals surface area contributed by atoms with Gasteiger partial charge >= 0.3 is 0 Å². The van der Waals surface area contributed by atoms with Gasteiger partial charge in [0.05, 0.1) is 12.2 Å². The monoisotopic (exact) mass is 453 g/mol. The van der Waals surface area contributed by atoms with Gasteiger partial charge in [0.15, 0.2) is 0 Å². The molecule has 0 radical (unpaired) electrons. The normalized spacial score (nSPS) is 19.1. The third-order valence-corrected chi connectivity index (χ3v) is 6.24. The maximum Gasteiger partial charge on any atom is 0.242 e. The topological polar surface area (TPSA) is 87.5 Å². The molecule has 3 N–H and O–H groups in total. The van der Waals surface area contributed by atoms with E-state index in [0.717, 1.165) is 37.0 Å². The zero-order valence-corrected chi connectivity index (χ0v) is 18.8. The third-order valence-electron chi connectivity index (χ3n) is 5.96. The van der Waals surface area contributed by atoms with Gasteiger partial charge in [0.1, 0.15) is 16.8 Å². The molecule has 168 valence electrons. The molecule has 0 spiro atoms. The van der Waals surface area contributed by atoms with Crippen LogP contribution in [-0.4, -0.2) is 39.8 Å². The average Bonchev–Trinajstić information content (AvgIpc) is 3.43. The molecule has 4 rings (SSSR count). The maximum atomic E-state index is 12.6. The first-order chi connectivity index (χ1) is 15.5. The number of hydrogen-bond acceptors (Lipinski definition) is 4. The lowest BCUT2D eigenvalue weighted by molar-refractivity contribution is -0.129. The van der Waals surface area contributed by atoms with Gasteiger partial charge in [0.2, 0.25) is 11.8 Å². The Labute approximate surface area is 192 Å². The van der Waals surface area contributed by atoms with Crippen molar-refractivity contribution in [1.82, 2.24) is 25.3 Å². The number of aryl methyl sites for hydroxylation is 1. The highest BCUT2D eigenvalue weighted by molar-refractivity contribution is 6.29. The van der Waals surface area contributed by atoms with E-state index in [9.17, 15) is 9.59 Å². The molecular weight excluding hydrogens is 426 g/mol. The average molecular weight is 454 g/mol. The number of halogens is 1. The second-order valence-corrected chi connectivity index (χ2v) is 8.77. The van der Waals surface area contributed by atoms with Gasteiger partial charge in [-0.15, -0.1) is 0 Å². The van der Waals surface area contributed by atoms with E-state index in [1.165, 1.54) is 5.56 Å². The summed E-state index contributed by atoms with van der Waals surface area (Å²) >= 11 is 6.10. The van der Waals surface area contributed by atoms with Crippen molar-refractivity contribution in [3.8, 4) is 0 Å². The van der Waals surface area contributed by atoms with Crippen molar-refractivity contribution in [2.24, 2.45) is 5.92 Å². The molecule has 1 saturated heterocycles. The van der Waals surface area contributed by atoms with Crippen molar-refractivity contribution in [1.29, 1.82) is 0 Å². The van der Waals surface area contributed by atoms with Crippen LogP contribution in [0.3, 0.4) is 0 Å². The molecule has 7 nitrogen and oxygen atoms in total. The second kappa shape index (κ2) is 10.1. The number of amides is 2. The third kappa shape index (κ3) is 5.47. The molecule has 0 unspecified atom stereocenters. The minimum atomic E-state index is -0.617. The van der Waals surface area contributed by atoms with Gasteiger partial charge in [-0.1, -0.05) is 48.0 Å². The summed E-state index contributed by atoms with van der Waals surface area (Å²) in [6.07, 6.45) is 6.27. The summed E-state index contributed by atoms with van der Waals surface area (Å²) in [6, 6.07) is 13.3. The van der Waals surface area contributed by atoms with Gasteiger partial charge < -0.3 is 16.0 Å². The van der Waals surface area contributed by atoms with E-state index in [1.54, 1.807) is 17.5 Å². The molecule has 32 heavy (non-hydrogen) atoms. The lowest BCUT2D eigenvalue weighted by Crippen LogP contribution is -2.49. The van der Waals surface area contributed by atoms with Crippen LogP contribution in [0.25, 0.3) is 5.65 Å². The van der Waals surface area contributed by atoms with E-state index >= 15 is 0 Å². The molecule has 1 aliphatic rings. The maximum absolute atomic E-state index is 12.6. The van der Waals surface area contributed by atoms with E-state index in [-0.39, 0.29) is 17.9 Å². The summed E-state index contributed by atoms with van der Waals surface area (Å²) in [7, 11) is 0. The van der Waals surface area contributed by atoms with E-state index in [2.05, 4.69) is 45.2 Å². The number of carbonyl (C=O) groups excluding carboxylic acids is 2. The summed E-state index contributed by atoms with van der Waals surface area (Å²) in [5.41, 5.74) is 2.96. The zero-order valence-electron chi connectivity index (χ0n) is 18.1. The number of imidazole rings is 1. The van der Waals surface area contributed by atoms with Crippen molar-refractivity contribution in [3.05, 3.63) is 71.1 Å². The Balaban J connectivity index is 1.21. The van der Waals surface area contributed by atoms with E-state index in [4.69, 9.17) is 11.6 Å². The highest BCUT2D eigenvalue weighted by atomic mass is 35.5. The van der Waals surface area contributed by atoms with Crippen LogP contribution in [0.15, 0.2) is 54.9 Å². The molecule has 3 heterocycles. The lowest BCUT2D eigenvalue weighted by Gasteiger charge is -2.17. The van der Waals surface area contributed by atoms with Crippen LogP contribution in [0.2, 0.25) is 5.15 Å². The summed E-state index contributed by atoms with van der Waals surface area (Å²) in [6.45, 7) is 2.86. The van der Waals surface area contributed by atoms with Crippen LogP contribution in [0.5, 0.6) is 0 Å². The van der Waals surface area contributed by atoms with Crippen LogP contribution in [0.4, 0.5) is 0 Å². The minimum Gasteiger partial charge on any atom is -0.350 e. The molecule has 3 atom stereocenters. The SMILES string of the molecule is C[C@H](NC(=O)[C@H]1C[C@H](CCc2ccccc2)CN1)C(=O)NCc1ccc2ncc(Cl)n2c1. The van der Waals surface area contributed by atoms with Crippen molar-refractivity contribution < 1.29 is 9.59 Å². The molecular formula is C24H28ClN5O2. The van der Waals surface area contributed by atoms with E-state index < -0.39 is 6.04 Å². The first-order valence-corrected chi connectivity index (χ1v) is 11.3. The summed E-state index contributed by atoms with van der Waals surface area (Å²) in [5, 5.41) is 9.52. The zero-order chi connectivity index (χ0) is 22.5. The Morgan fingerprint density at radius 3 is 2.84 bits per heavy atom. The molecule has 8 heteroatoms. The number of aromatic nitrogens is 2. The molecule has 0 saturated carbocycles. The quantitative estimate of drug-likeness (QED) is 0.489. The second-order valence-electron chi connectivity index (χ2n) is 8.38. The smallest absolute Gasteiger partial charge is 0.242 e. The number of rotatable bonds is 8. The number of fused-ring (bicyclic) bond motifs is 1. The van der Waals surface area contributed by atoms with Crippen LogP contribution in [-0.2, 0) is 22.6 Å². The van der Waals surface area contributed by atoms with Gasteiger partial charge in [-0.3, -0.25) is 14.0 Å². The lowest BCUT2D eigenvalue weighted by atomic mass is 9.96. The van der Waals surface area contributed by atoms with E-state index in [1.807, 2.05) is 24.4 Å². The van der Waals surface area contributed by atoms with Crippen LogP contribution in [0.1, 0.15) is 30.9 Å². The van der Waals surface area contributed by atoms with Crippen molar-refractivity contribution in [3.63, 3.8) is 0 Å². The molecule has 1 aromatic carbocycles. The molecule has 1 fully saturated rings. The summed E-state index contributed by atoms with van der Waals surface area (Å²) in [4.78, 5) is 29.3. The minimum absolute atomic E-state index is 0.124. The van der Waals surface area contributed by atoms with Crippen molar-refractivity contribution in [2.75, 3.05) is 6.54 Å². The Morgan fingerprint density at radius 1 is 1.22 bits per heavy atom. The predicted molar refractivity (Wildman–Crippen MR) is 124 cm³/mol. The number of benzene rings is 1. The van der Waals surface area contributed by atoms with Gasteiger partial charge in [0, 0.05) is 12.7 Å². The first kappa shape index (κ1) is 22.3. The molecule has 2 aromatic heterocycles. The predicted octanol–water partition coefficient (Wildman–Crippen LogP) is 2.72. The Hall–Kier alpha value is -2.90. The fourth-order valence-electron chi connectivity index (χ4n) is 4.07. The van der Waals surface area contributed by atoms with Crippen molar-refractivity contribution >= 4 is 29.1 Å². The van der Waals surface area contributed by atoms with Gasteiger partial charge in [-0.2, -0.15) is 0 Å². The van der Waals surface area contributed by atoms with Crippen LogP contribution >= 0.6 is 11.6 Å². The van der Waals surface area contributed by atoms with Crippen LogP contribution < -0.4 is 16.0 Å². The number of pyridine rings is 1. The van der Waals surface area contributed by atoms with Gasteiger partial charge in [-0.05, 0) is 55.8 Å². The number of nitrogens with zero attached hydrogens (tertiary/aromatic N) is 2. The fraction of sp³-hybridized carbons (Fsp3) is 0.375. The molecule has 3 aromatic rings.